The molecule has 0 radical (unpaired) electrons. The molecular formula is C25H30ClN5O3. The van der Waals surface area contributed by atoms with Crippen molar-refractivity contribution in [2.45, 2.75) is 38.5 Å². The summed E-state index contributed by atoms with van der Waals surface area (Å²) >= 11 is 6.58. The normalized spacial score (nSPS) is 18.7. The van der Waals surface area contributed by atoms with Crippen LogP contribution in [0, 0.1) is 18.3 Å². The first-order chi connectivity index (χ1) is 16.3. The molecule has 2 N–H and O–H groups in total. The van der Waals surface area contributed by atoms with Gasteiger partial charge in [-0.15, -0.1) is 0 Å². The van der Waals surface area contributed by atoms with E-state index in [9.17, 15) is 14.7 Å². The predicted molar refractivity (Wildman–Crippen MR) is 131 cm³/mol. The Morgan fingerprint density at radius 2 is 2.00 bits per heavy atom. The molecule has 2 aromatic heterocycles. The maximum atomic E-state index is 12.5. The standard InChI is InChI=1S/C25H30ClN5O3/c1-15-16(10-27-29-23(15)33)4-3-7-31-13-25(14-31)8-17(9-25)20(12-32)22-19-11-28-30(2)24(34)18(19)5-6-21(22)26/h5-6,10-11,17,20,32H,3-4,7-9,12-14H2,1-2H3,(H,29,33). The largest absolute Gasteiger partial charge is 0.396 e. The number of fused-ring (bicyclic) bond motifs is 1. The molecule has 0 bridgehead atoms. The van der Waals surface area contributed by atoms with E-state index in [2.05, 4.69) is 20.2 Å². The molecule has 8 nitrogen and oxygen atoms in total. The highest BCUT2D eigenvalue weighted by molar-refractivity contribution is 6.32. The van der Waals surface area contributed by atoms with Crippen LogP contribution in [-0.4, -0.2) is 56.2 Å². The van der Waals surface area contributed by atoms with Gasteiger partial charge in [-0.25, -0.2) is 9.78 Å². The average Bonchev–Trinajstić information content (AvgIpc) is 2.76. The molecule has 3 aromatic rings. The second-order valence-corrected chi connectivity index (χ2v) is 10.5. The molecule has 3 heterocycles. The van der Waals surface area contributed by atoms with Crippen LogP contribution in [0.4, 0.5) is 0 Å². The van der Waals surface area contributed by atoms with Gasteiger partial charge in [0.2, 0.25) is 0 Å². The van der Waals surface area contributed by atoms with Crippen LogP contribution in [0.1, 0.15) is 41.9 Å². The number of H-pyrrole nitrogens is 1. The Balaban J connectivity index is 1.20. The number of likely N-dealkylation sites (tertiary alicyclic amines) is 1. The van der Waals surface area contributed by atoms with Gasteiger partial charge in [0.1, 0.15) is 0 Å². The van der Waals surface area contributed by atoms with E-state index < -0.39 is 0 Å². The number of aliphatic hydroxyl groups is 1. The summed E-state index contributed by atoms with van der Waals surface area (Å²) in [5.74, 6) is 0.237. The lowest BCUT2D eigenvalue weighted by Crippen LogP contribution is -2.63. The fourth-order valence-electron chi connectivity index (χ4n) is 6.06. The third kappa shape index (κ3) is 3.97. The van der Waals surface area contributed by atoms with Gasteiger partial charge in [-0.05, 0) is 73.7 Å². The summed E-state index contributed by atoms with van der Waals surface area (Å²) in [6, 6.07) is 3.51. The van der Waals surface area contributed by atoms with Crippen LogP contribution >= 0.6 is 11.6 Å². The van der Waals surface area contributed by atoms with E-state index in [0.717, 1.165) is 67.4 Å². The number of aryl methyl sites for hydroxylation is 2. The number of aromatic amines is 1. The van der Waals surface area contributed by atoms with Crippen molar-refractivity contribution in [2.24, 2.45) is 18.4 Å². The Morgan fingerprint density at radius 3 is 2.74 bits per heavy atom. The first kappa shape index (κ1) is 23.2. The number of halogens is 1. The molecule has 1 unspecified atom stereocenters. The number of aliphatic hydroxyl groups excluding tert-OH is 1. The van der Waals surface area contributed by atoms with Crippen molar-refractivity contribution in [3.63, 3.8) is 0 Å². The maximum absolute atomic E-state index is 12.5. The quantitative estimate of drug-likeness (QED) is 0.534. The molecule has 2 aliphatic rings. The van der Waals surface area contributed by atoms with Crippen LogP contribution < -0.4 is 11.1 Å². The van der Waals surface area contributed by atoms with Crippen LogP contribution in [0.15, 0.2) is 34.1 Å². The number of hydrogen-bond donors (Lipinski definition) is 2. The SMILES string of the molecule is Cc1c(CCCN2CC3(CC(C(CO)c4c(Cl)ccc5c(=O)n(C)ncc45)C3)C2)cn[nH]c1=O. The Kier molecular flexibility index (Phi) is 6.08. The van der Waals surface area contributed by atoms with Crippen LogP contribution in [0.2, 0.25) is 5.02 Å². The summed E-state index contributed by atoms with van der Waals surface area (Å²) < 4.78 is 1.32. The molecular weight excluding hydrogens is 454 g/mol. The number of benzene rings is 1. The van der Waals surface area contributed by atoms with Gasteiger partial charge in [-0.1, -0.05) is 11.6 Å². The molecule has 1 aliphatic carbocycles. The minimum absolute atomic E-state index is 0.00208. The molecule has 180 valence electrons. The molecule has 1 atom stereocenters. The molecule has 2 fully saturated rings. The van der Waals surface area contributed by atoms with E-state index in [1.54, 1.807) is 31.6 Å². The van der Waals surface area contributed by atoms with Crippen LogP contribution in [0.3, 0.4) is 0 Å². The monoisotopic (exact) mass is 483 g/mol. The van der Waals surface area contributed by atoms with Gasteiger partial charge in [0.05, 0.1) is 24.4 Å². The van der Waals surface area contributed by atoms with Gasteiger partial charge >= 0.3 is 0 Å². The topological polar surface area (TPSA) is 104 Å². The second kappa shape index (κ2) is 8.91. The zero-order valence-electron chi connectivity index (χ0n) is 19.6. The van der Waals surface area contributed by atoms with Gasteiger partial charge in [-0.3, -0.25) is 9.59 Å². The fourth-order valence-corrected chi connectivity index (χ4v) is 6.36. The number of nitrogens with one attached hydrogen (secondary N) is 1. The van der Waals surface area contributed by atoms with Gasteiger partial charge in [0, 0.05) is 42.0 Å². The van der Waals surface area contributed by atoms with Crippen molar-refractivity contribution >= 4 is 22.4 Å². The molecule has 0 amide bonds. The molecule has 1 spiro atoms. The molecule has 1 saturated heterocycles. The Morgan fingerprint density at radius 1 is 1.24 bits per heavy atom. The Hall–Kier alpha value is -2.55. The summed E-state index contributed by atoms with van der Waals surface area (Å²) in [5.41, 5.74) is 2.69. The summed E-state index contributed by atoms with van der Waals surface area (Å²) in [6.45, 7) is 4.99. The van der Waals surface area contributed by atoms with E-state index in [-0.39, 0.29) is 23.6 Å². The highest BCUT2D eigenvalue weighted by Crippen LogP contribution is 2.57. The summed E-state index contributed by atoms with van der Waals surface area (Å²) in [6.07, 6.45) is 7.40. The van der Waals surface area contributed by atoms with Crippen molar-refractivity contribution in [1.82, 2.24) is 24.9 Å². The highest BCUT2D eigenvalue weighted by Gasteiger charge is 2.53. The van der Waals surface area contributed by atoms with Gasteiger partial charge < -0.3 is 10.0 Å². The molecule has 1 aromatic carbocycles. The van der Waals surface area contributed by atoms with E-state index >= 15 is 0 Å². The average molecular weight is 484 g/mol. The zero-order valence-corrected chi connectivity index (χ0v) is 20.3. The number of aromatic nitrogens is 4. The van der Waals surface area contributed by atoms with Crippen LogP contribution in [-0.2, 0) is 13.5 Å². The smallest absolute Gasteiger partial charge is 0.274 e. The van der Waals surface area contributed by atoms with E-state index in [4.69, 9.17) is 11.6 Å². The lowest BCUT2D eigenvalue weighted by Gasteiger charge is -2.61. The van der Waals surface area contributed by atoms with Crippen LogP contribution in [0.5, 0.6) is 0 Å². The summed E-state index contributed by atoms with van der Waals surface area (Å²) in [4.78, 5) is 26.7. The first-order valence-electron chi connectivity index (χ1n) is 11.8. The third-order valence-electron chi connectivity index (χ3n) is 7.89. The molecule has 1 saturated carbocycles. The van der Waals surface area contributed by atoms with Crippen LogP contribution in [0.25, 0.3) is 10.8 Å². The van der Waals surface area contributed by atoms with Crippen molar-refractivity contribution in [2.75, 3.05) is 26.2 Å². The van der Waals surface area contributed by atoms with E-state index in [1.807, 2.05) is 6.92 Å². The van der Waals surface area contributed by atoms with Crippen molar-refractivity contribution in [3.05, 3.63) is 66.9 Å². The van der Waals surface area contributed by atoms with Gasteiger partial charge in [0.25, 0.3) is 11.1 Å². The highest BCUT2D eigenvalue weighted by atomic mass is 35.5. The van der Waals surface area contributed by atoms with Gasteiger partial charge in [-0.2, -0.15) is 10.2 Å². The zero-order chi connectivity index (χ0) is 24.0. The van der Waals surface area contributed by atoms with E-state index in [0.29, 0.717) is 21.7 Å². The Labute approximate surface area is 202 Å². The van der Waals surface area contributed by atoms with Gasteiger partial charge in [0.15, 0.2) is 0 Å². The lowest BCUT2D eigenvalue weighted by atomic mass is 9.54. The first-order valence-corrected chi connectivity index (χ1v) is 12.2. The second-order valence-electron chi connectivity index (χ2n) is 10.1. The molecule has 1 aliphatic heterocycles. The minimum atomic E-state index is -0.155. The summed E-state index contributed by atoms with van der Waals surface area (Å²) in [7, 11) is 1.63. The molecule has 9 heteroatoms. The summed E-state index contributed by atoms with van der Waals surface area (Å²) in [5, 5.41) is 22.8. The predicted octanol–water partition coefficient (Wildman–Crippen LogP) is 2.40. The number of rotatable bonds is 7. The Bertz CT molecular complexity index is 1340. The fraction of sp³-hybridized carbons (Fsp3) is 0.520. The third-order valence-corrected chi connectivity index (χ3v) is 8.22. The minimum Gasteiger partial charge on any atom is -0.396 e. The number of nitrogens with zero attached hydrogens (tertiary/aromatic N) is 4. The van der Waals surface area contributed by atoms with E-state index in [1.165, 1.54) is 4.68 Å². The molecule has 5 rings (SSSR count). The number of hydrogen-bond acceptors (Lipinski definition) is 6. The van der Waals surface area contributed by atoms with Crippen molar-refractivity contribution in [3.8, 4) is 0 Å². The van der Waals surface area contributed by atoms with Crippen molar-refractivity contribution < 1.29 is 5.11 Å². The van der Waals surface area contributed by atoms with Crippen molar-refractivity contribution in [1.29, 1.82) is 0 Å². The molecule has 34 heavy (non-hydrogen) atoms. The maximum Gasteiger partial charge on any atom is 0.274 e. The lowest BCUT2D eigenvalue weighted by molar-refractivity contribution is -0.104.